The van der Waals surface area contributed by atoms with E-state index < -0.39 is 15.5 Å². The zero-order chi connectivity index (χ0) is 7.61. The number of rotatable bonds is 1. The highest BCUT2D eigenvalue weighted by atomic mass is 32.3. The van der Waals surface area contributed by atoms with E-state index in [1.165, 1.54) is 0 Å². The quantitative estimate of drug-likeness (QED) is 0.561. The molecule has 5 heteroatoms. The molecular weight excluding hydrogens is 157 g/mol. The van der Waals surface area contributed by atoms with Crippen LogP contribution in [0.4, 0.5) is 3.89 Å². The summed E-state index contributed by atoms with van der Waals surface area (Å²) in [6.07, 6.45) is 0.803. The van der Waals surface area contributed by atoms with Gasteiger partial charge in [0.15, 0.2) is 0 Å². The fourth-order valence-electron chi connectivity index (χ4n) is 1.08. The molecule has 1 aliphatic rings. The summed E-state index contributed by atoms with van der Waals surface area (Å²) in [4.78, 5) is 0. The lowest BCUT2D eigenvalue weighted by Crippen LogP contribution is -2.34. The second-order valence-corrected chi connectivity index (χ2v) is 4.04. The van der Waals surface area contributed by atoms with Gasteiger partial charge in [-0.25, -0.2) is 0 Å². The molecule has 1 N–H and O–H groups in total. The van der Waals surface area contributed by atoms with Crippen molar-refractivity contribution in [2.45, 2.75) is 18.1 Å². The normalized spacial score (nSPS) is 22.9. The molecule has 0 saturated carbocycles. The van der Waals surface area contributed by atoms with Gasteiger partial charge in [-0.2, -0.15) is 8.42 Å². The van der Waals surface area contributed by atoms with E-state index in [0.717, 1.165) is 0 Å². The topological polar surface area (TPSA) is 46.2 Å². The smallest absolute Gasteiger partial charge is 0.305 e. The van der Waals surface area contributed by atoms with E-state index in [9.17, 15) is 12.3 Å². The molecule has 10 heavy (non-hydrogen) atoms. The van der Waals surface area contributed by atoms with Gasteiger partial charge in [0.25, 0.3) is 0 Å². The van der Waals surface area contributed by atoms with Crippen molar-refractivity contribution >= 4 is 10.2 Å². The lowest BCUT2D eigenvalue weighted by Gasteiger charge is -2.18. The van der Waals surface area contributed by atoms with Crippen LogP contribution in [0, 0.1) is 0 Å². The van der Waals surface area contributed by atoms with Crippen molar-refractivity contribution in [3.8, 4) is 0 Å². The maximum atomic E-state index is 12.2. The Bertz CT molecular complexity index is 196. The Morgan fingerprint density at radius 1 is 1.30 bits per heavy atom. The molecule has 0 spiro atoms. The van der Waals surface area contributed by atoms with Gasteiger partial charge in [0.1, 0.15) is 0 Å². The summed E-state index contributed by atoms with van der Waals surface area (Å²) in [7, 11) is -4.27. The third-order valence-electron chi connectivity index (χ3n) is 1.68. The Balaban J connectivity index is 2.56. The van der Waals surface area contributed by atoms with E-state index in [-0.39, 0.29) is 0 Å². The van der Waals surface area contributed by atoms with E-state index in [4.69, 9.17) is 0 Å². The Morgan fingerprint density at radius 3 is 2.10 bits per heavy atom. The van der Waals surface area contributed by atoms with E-state index in [1.807, 2.05) is 0 Å². The second kappa shape index (κ2) is 2.84. The van der Waals surface area contributed by atoms with Gasteiger partial charge < -0.3 is 5.32 Å². The largest absolute Gasteiger partial charge is 0.317 e. The van der Waals surface area contributed by atoms with Gasteiger partial charge in [0.2, 0.25) is 0 Å². The SMILES string of the molecule is O=S(=O)(F)C1CCNCC1. The molecule has 1 saturated heterocycles. The standard InChI is InChI=1S/C5H10FNO2S/c6-10(8,9)5-1-3-7-4-2-5/h5,7H,1-4H2. The average Bonchev–Trinajstić information content (AvgIpc) is 1.88. The van der Waals surface area contributed by atoms with Gasteiger partial charge in [0.05, 0.1) is 5.25 Å². The highest BCUT2D eigenvalue weighted by Gasteiger charge is 2.25. The van der Waals surface area contributed by atoms with Crippen LogP contribution in [0.3, 0.4) is 0 Å². The minimum Gasteiger partial charge on any atom is -0.317 e. The van der Waals surface area contributed by atoms with Gasteiger partial charge in [0, 0.05) is 0 Å². The predicted octanol–water partition coefficient (Wildman–Crippen LogP) is 0.0377. The maximum Gasteiger partial charge on any atom is 0.305 e. The van der Waals surface area contributed by atoms with E-state index >= 15 is 0 Å². The lowest BCUT2D eigenvalue weighted by atomic mass is 10.2. The molecule has 0 aromatic heterocycles. The number of hydrogen-bond acceptors (Lipinski definition) is 3. The molecule has 0 bridgehead atoms. The van der Waals surface area contributed by atoms with Crippen LogP contribution < -0.4 is 5.32 Å². The molecule has 0 aliphatic carbocycles. The van der Waals surface area contributed by atoms with Crippen LogP contribution in [0.1, 0.15) is 12.8 Å². The van der Waals surface area contributed by atoms with Crippen LogP contribution in [0.15, 0.2) is 0 Å². The first-order chi connectivity index (χ1) is 4.61. The summed E-state index contributed by atoms with van der Waals surface area (Å²) in [5.74, 6) is 0. The molecule has 60 valence electrons. The molecule has 1 rings (SSSR count). The van der Waals surface area contributed by atoms with E-state index in [0.29, 0.717) is 25.9 Å². The highest BCUT2D eigenvalue weighted by Crippen LogP contribution is 2.13. The number of halogens is 1. The van der Waals surface area contributed by atoms with Gasteiger partial charge in [-0.1, -0.05) is 0 Å². The van der Waals surface area contributed by atoms with Crippen molar-refractivity contribution in [1.82, 2.24) is 5.32 Å². The van der Waals surface area contributed by atoms with Crippen molar-refractivity contribution in [2.75, 3.05) is 13.1 Å². The summed E-state index contributed by atoms with van der Waals surface area (Å²) in [6.45, 7) is 1.21. The van der Waals surface area contributed by atoms with E-state index in [2.05, 4.69) is 5.32 Å². The molecular formula is C5H10FNO2S. The lowest BCUT2D eigenvalue weighted by molar-refractivity contribution is 0.473. The molecule has 0 amide bonds. The van der Waals surface area contributed by atoms with Crippen LogP contribution in [0.5, 0.6) is 0 Å². The van der Waals surface area contributed by atoms with Crippen molar-refractivity contribution in [2.24, 2.45) is 0 Å². The van der Waals surface area contributed by atoms with Crippen LogP contribution in [0.2, 0.25) is 0 Å². The first-order valence-electron chi connectivity index (χ1n) is 3.25. The highest BCUT2D eigenvalue weighted by molar-refractivity contribution is 7.87. The Hall–Kier alpha value is -0.160. The van der Waals surface area contributed by atoms with Crippen molar-refractivity contribution in [3.63, 3.8) is 0 Å². The molecule has 0 unspecified atom stereocenters. The number of piperidine rings is 1. The van der Waals surface area contributed by atoms with Crippen LogP contribution in [-0.2, 0) is 10.2 Å². The summed E-state index contributed by atoms with van der Waals surface area (Å²) in [5, 5.41) is 2.20. The minimum atomic E-state index is -4.27. The molecule has 0 aromatic carbocycles. The van der Waals surface area contributed by atoms with Gasteiger partial charge in [-0.05, 0) is 25.9 Å². The first kappa shape index (κ1) is 7.94. The van der Waals surface area contributed by atoms with Gasteiger partial charge in [-0.15, -0.1) is 3.89 Å². The van der Waals surface area contributed by atoms with Crippen molar-refractivity contribution < 1.29 is 12.3 Å². The van der Waals surface area contributed by atoms with Gasteiger partial charge in [-0.3, -0.25) is 0 Å². The van der Waals surface area contributed by atoms with Crippen LogP contribution in [-0.4, -0.2) is 26.8 Å². The number of nitrogens with one attached hydrogen (secondary N) is 1. The van der Waals surface area contributed by atoms with Crippen LogP contribution in [0.25, 0.3) is 0 Å². The third kappa shape index (κ3) is 1.91. The minimum absolute atomic E-state index is 0.402. The van der Waals surface area contributed by atoms with Gasteiger partial charge >= 0.3 is 10.2 Å². The maximum absolute atomic E-state index is 12.2. The molecule has 3 nitrogen and oxygen atoms in total. The summed E-state index contributed by atoms with van der Waals surface area (Å²) < 4.78 is 32.8. The van der Waals surface area contributed by atoms with Crippen molar-refractivity contribution in [3.05, 3.63) is 0 Å². The first-order valence-corrected chi connectivity index (χ1v) is 4.69. The summed E-state index contributed by atoms with van der Waals surface area (Å²) in [6, 6.07) is 0. The molecule has 1 fully saturated rings. The van der Waals surface area contributed by atoms with Crippen LogP contribution >= 0.6 is 0 Å². The fourth-order valence-corrected chi connectivity index (χ4v) is 1.88. The Labute approximate surface area is 59.8 Å². The fraction of sp³-hybridized carbons (Fsp3) is 1.00. The Morgan fingerprint density at radius 2 is 1.80 bits per heavy atom. The Kier molecular flexibility index (Phi) is 2.25. The average molecular weight is 167 g/mol. The van der Waals surface area contributed by atoms with E-state index in [1.54, 1.807) is 0 Å². The molecule has 0 radical (unpaired) electrons. The molecule has 0 atom stereocenters. The summed E-state index contributed by atoms with van der Waals surface area (Å²) >= 11 is 0. The molecule has 1 aliphatic heterocycles. The molecule has 0 aromatic rings. The second-order valence-electron chi connectivity index (χ2n) is 2.42. The number of hydrogen-bond donors (Lipinski definition) is 1. The molecule has 1 heterocycles. The monoisotopic (exact) mass is 167 g/mol. The summed E-state index contributed by atoms with van der Waals surface area (Å²) in [5.41, 5.74) is 0. The zero-order valence-electron chi connectivity index (χ0n) is 5.51. The predicted molar refractivity (Wildman–Crippen MR) is 35.9 cm³/mol. The third-order valence-corrected chi connectivity index (χ3v) is 2.95. The van der Waals surface area contributed by atoms with Crippen molar-refractivity contribution in [1.29, 1.82) is 0 Å². The zero-order valence-corrected chi connectivity index (χ0v) is 6.32.